The van der Waals surface area contributed by atoms with Crippen LogP contribution in [0.4, 0.5) is 4.79 Å². The fourth-order valence-corrected chi connectivity index (χ4v) is 3.14. The molecule has 5 nitrogen and oxygen atoms in total. The van der Waals surface area contributed by atoms with Crippen LogP contribution >= 0.6 is 0 Å². The van der Waals surface area contributed by atoms with Crippen molar-refractivity contribution in [1.29, 1.82) is 0 Å². The summed E-state index contributed by atoms with van der Waals surface area (Å²) in [6.45, 7) is 0. The van der Waals surface area contributed by atoms with Crippen LogP contribution in [0.1, 0.15) is 11.1 Å². The Bertz CT molecular complexity index is 1100. The lowest BCUT2D eigenvalue weighted by Gasteiger charge is -2.02. The Hall–Kier alpha value is -4.51. The van der Waals surface area contributed by atoms with E-state index in [-0.39, 0.29) is 0 Å². The second kappa shape index (κ2) is 10.5. The van der Waals surface area contributed by atoms with Crippen LogP contribution in [0, 0.1) is 0 Å². The van der Waals surface area contributed by atoms with Crippen LogP contribution in [0.25, 0.3) is 22.3 Å². The van der Waals surface area contributed by atoms with Gasteiger partial charge in [-0.15, -0.1) is 0 Å². The second-order valence-corrected chi connectivity index (χ2v) is 7.05. The zero-order valence-electron chi connectivity index (χ0n) is 17.3. The van der Waals surface area contributed by atoms with Gasteiger partial charge in [0.25, 0.3) is 0 Å². The van der Waals surface area contributed by atoms with Gasteiger partial charge >= 0.3 is 6.03 Å². The summed E-state index contributed by atoms with van der Waals surface area (Å²) in [5, 5.41) is 7.91. The van der Waals surface area contributed by atoms with E-state index in [2.05, 4.69) is 45.3 Å². The summed E-state index contributed by atoms with van der Waals surface area (Å²) in [4.78, 5) is 11.9. The van der Waals surface area contributed by atoms with E-state index in [1.165, 1.54) is 0 Å². The normalized spacial score (nSPS) is 11.0. The first-order valence-corrected chi connectivity index (χ1v) is 10.2. The summed E-state index contributed by atoms with van der Waals surface area (Å²) in [5.74, 6) is 0. The number of carbonyl (C=O) groups excluding carboxylic acids is 1. The Labute approximate surface area is 187 Å². The highest BCUT2D eigenvalue weighted by Crippen LogP contribution is 2.19. The topological polar surface area (TPSA) is 65.8 Å². The number of nitrogens with zero attached hydrogens (tertiary/aromatic N) is 2. The molecule has 156 valence electrons. The first-order valence-electron chi connectivity index (χ1n) is 10.2. The van der Waals surface area contributed by atoms with Crippen LogP contribution in [0.5, 0.6) is 0 Å². The van der Waals surface area contributed by atoms with Crippen LogP contribution in [-0.4, -0.2) is 18.5 Å². The number of hydrazone groups is 2. The van der Waals surface area contributed by atoms with Gasteiger partial charge in [0.2, 0.25) is 0 Å². The van der Waals surface area contributed by atoms with Gasteiger partial charge in [-0.05, 0) is 33.4 Å². The summed E-state index contributed by atoms with van der Waals surface area (Å²) in [6.07, 6.45) is 3.17. The van der Waals surface area contributed by atoms with E-state index in [4.69, 9.17) is 0 Å². The van der Waals surface area contributed by atoms with E-state index in [1.54, 1.807) is 12.4 Å². The lowest BCUT2D eigenvalue weighted by Crippen LogP contribution is -2.28. The molecule has 0 radical (unpaired) electrons. The first-order chi connectivity index (χ1) is 15.8. The second-order valence-electron chi connectivity index (χ2n) is 7.05. The van der Waals surface area contributed by atoms with Crippen molar-refractivity contribution in [2.75, 3.05) is 0 Å². The SMILES string of the molecule is O=C(N/N=C\c1ccc(-c2ccccc2)cc1)N/N=C/c1ccc(-c2ccccc2)cc1. The van der Waals surface area contributed by atoms with E-state index >= 15 is 0 Å². The Morgan fingerprint density at radius 1 is 0.500 bits per heavy atom. The van der Waals surface area contributed by atoms with Gasteiger partial charge in [0.15, 0.2) is 0 Å². The third-order valence-corrected chi connectivity index (χ3v) is 4.80. The van der Waals surface area contributed by atoms with Gasteiger partial charge in [0.1, 0.15) is 0 Å². The zero-order valence-corrected chi connectivity index (χ0v) is 17.3. The molecular formula is C27H22N4O. The fourth-order valence-electron chi connectivity index (χ4n) is 3.14. The molecule has 0 atom stereocenters. The predicted octanol–water partition coefficient (Wildman–Crippen LogP) is 5.69. The van der Waals surface area contributed by atoms with E-state index in [0.29, 0.717) is 0 Å². The van der Waals surface area contributed by atoms with Crippen molar-refractivity contribution < 1.29 is 4.79 Å². The highest BCUT2D eigenvalue weighted by molar-refractivity contribution is 5.84. The molecule has 0 fully saturated rings. The van der Waals surface area contributed by atoms with Crippen LogP contribution in [-0.2, 0) is 0 Å². The van der Waals surface area contributed by atoms with Gasteiger partial charge in [-0.1, -0.05) is 109 Å². The largest absolute Gasteiger partial charge is 0.355 e. The van der Waals surface area contributed by atoms with E-state index in [0.717, 1.165) is 33.4 Å². The number of hydrogen-bond donors (Lipinski definition) is 2. The molecule has 0 saturated carbocycles. The van der Waals surface area contributed by atoms with E-state index in [9.17, 15) is 4.79 Å². The number of nitrogens with one attached hydrogen (secondary N) is 2. The van der Waals surface area contributed by atoms with Gasteiger partial charge in [0.05, 0.1) is 12.4 Å². The number of carbonyl (C=O) groups is 1. The van der Waals surface area contributed by atoms with Crippen LogP contribution in [0.3, 0.4) is 0 Å². The summed E-state index contributed by atoms with van der Waals surface area (Å²) in [7, 11) is 0. The van der Waals surface area contributed by atoms with Gasteiger partial charge in [-0.2, -0.15) is 10.2 Å². The third-order valence-electron chi connectivity index (χ3n) is 4.80. The molecule has 4 aromatic carbocycles. The van der Waals surface area contributed by atoms with Gasteiger partial charge in [0, 0.05) is 0 Å². The molecule has 0 heterocycles. The lowest BCUT2D eigenvalue weighted by molar-refractivity contribution is 0.242. The van der Waals surface area contributed by atoms with Crippen LogP contribution in [0.15, 0.2) is 119 Å². The molecule has 0 aromatic heterocycles. The molecule has 0 bridgehead atoms. The number of benzene rings is 4. The quantitative estimate of drug-likeness (QED) is 0.307. The number of urea groups is 1. The average molecular weight is 419 g/mol. The molecule has 0 unspecified atom stereocenters. The van der Waals surface area contributed by atoms with Crippen molar-refractivity contribution in [3.8, 4) is 22.3 Å². The minimum atomic E-state index is -0.515. The maximum atomic E-state index is 11.9. The van der Waals surface area contributed by atoms with Crippen molar-refractivity contribution in [2.45, 2.75) is 0 Å². The fraction of sp³-hybridized carbons (Fsp3) is 0. The molecule has 5 heteroatoms. The minimum Gasteiger partial charge on any atom is -0.245 e. The highest BCUT2D eigenvalue weighted by atomic mass is 16.2. The van der Waals surface area contributed by atoms with Crippen LogP contribution < -0.4 is 10.9 Å². The summed E-state index contributed by atoms with van der Waals surface area (Å²) >= 11 is 0. The van der Waals surface area contributed by atoms with Crippen molar-refractivity contribution in [3.63, 3.8) is 0 Å². The van der Waals surface area contributed by atoms with Crippen molar-refractivity contribution in [2.24, 2.45) is 10.2 Å². The van der Waals surface area contributed by atoms with Gasteiger partial charge in [-0.3, -0.25) is 0 Å². The molecule has 0 aliphatic rings. The Morgan fingerprint density at radius 2 is 0.844 bits per heavy atom. The molecular weight excluding hydrogens is 396 g/mol. The molecule has 0 aliphatic heterocycles. The smallest absolute Gasteiger partial charge is 0.245 e. The molecule has 4 rings (SSSR count). The molecule has 0 spiro atoms. The standard InChI is InChI=1S/C27H22N4O/c32-27(30-28-19-21-11-15-25(16-12-21)23-7-3-1-4-8-23)31-29-20-22-13-17-26(18-14-22)24-9-5-2-6-10-24/h1-20H,(H2,30,31,32)/b28-19-,29-20+. The molecule has 0 aliphatic carbocycles. The average Bonchev–Trinajstić information content (AvgIpc) is 2.86. The van der Waals surface area contributed by atoms with Crippen molar-refractivity contribution in [1.82, 2.24) is 10.9 Å². The molecule has 0 saturated heterocycles. The zero-order chi connectivity index (χ0) is 22.0. The molecule has 2 amide bonds. The van der Waals surface area contributed by atoms with E-state index < -0.39 is 6.03 Å². The molecule has 2 N–H and O–H groups in total. The number of amides is 2. The Balaban J connectivity index is 1.25. The van der Waals surface area contributed by atoms with Crippen molar-refractivity contribution in [3.05, 3.63) is 120 Å². The minimum absolute atomic E-state index is 0.515. The van der Waals surface area contributed by atoms with E-state index in [1.807, 2.05) is 84.9 Å². The summed E-state index contributed by atoms with van der Waals surface area (Å²) in [5.41, 5.74) is 11.1. The van der Waals surface area contributed by atoms with Crippen molar-refractivity contribution >= 4 is 18.5 Å². The maximum Gasteiger partial charge on any atom is 0.355 e. The van der Waals surface area contributed by atoms with Gasteiger partial charge < -0.3 is 0 Å². The highest BCUT2D eigenvalue weighted by Gasteiger charge is 1.98. The number of hydrogen-bond acceptors (Lipinski definition) is 3. The van der Waals surface area contributed by atoms with Gasteiger partial charge in [-0.25, -0.2) is 15.6 Å². The lowest BCUT2D eigenvalue weighted by atomic mass is 10.0. The number of rotatable bonds is 6. The maximum absolute atomic E-state index is 11.9. The summed E-state index contributed by atoms with van der Waals surface area (Å²) < 4.78 is 0. The Kier molecular flexibility index (Phi) is 6.81. The predicted molar refractivity (Wildman–Crippen MR) is 131 cm³/mol. The van der Waals surface area contributed by atoms with Crippen LogP contribution in [0.2, 0.25) is 0 Å². The Morgan fingerprint density at radius 3 is 1.22 bits per heavy atom. The first kappa shape index (κ1) is 20.8. The molecule has 32 heavy (non-hydrogen) atoms. The summed E-state index contributed by atoms with van der Waals surface area (Å²) in [6, 6.07) is 35.6. The molecule has 4 aromatic rings. The third kappa shape index (κ3) is 5.77. The monoisotopic (exact) mass is 418 g/mol.